The number of ether oxygens (including phenoxy) is 4. The Balaban J connectivity index is 1.83. The van der Waals surface area contributed by atoms with Crippen molar-refractivity contribution in [1.29, 1.82) is 0 Å². The average Bonchev–Trinajstić information content (AvgIpc) is 2.88. The van der Waals surface area contributed by atoms with Crippen LogP contribution in [0.15, 0.2) is 36.4 Å². The molecule has 35 heavy (non-hydrogen) atoms. The molecule has 7 nitrogen and oxygen atoms in total. The molecule has 0 unspecified atom stereocenters. The lowest BCUT2D eigenvalue weighted by Crippen LogP contribution is -2.41. The van der Waals surface area contributed by atoms with Gasteiger partial charge in [0, 0.05) is 31.4 Å². The summed E-state index contributed by atoms with van der Waals surface area (Å²) in [7, 11) is 3.08. The zero-order valence-corrected chi connectivity index (χ0v) is 21.5. The molecule has 2 N–H and O–H groups in total. The molecular weight excluding hydrogens is 444 g/mol. The number of carbonyl (C=O) groups excluding carboxylic acids is 1. The summed E-state index contributed by atoms with van der Waals surface area (Å²) in [5.41, 5.74) is 10.8. The highest BCUT2D eigenvalue weighted by Gasteiger charge is 2.26. The van der Waals surface area contributed by atoms with Crippen molar-refractivity contribution >= 4 is 11.7 Å². The predicted molar refractivity (Wildman–Crippen MR) is 139 cm³/mol. The monoisotopic (exact) mass is 484 g/mol. The number of nitrogens with two attached hydrogens (primary N) is 1. The number of nitrogens with zero attached hydrogens (tertiary/aromatic N) is 1. The number of rotatable bonds is 12. The van der Waals surface area contributed by atoms with Gasteiger partial charge in [0.2, 0.25) is 0 Å². The SMILES string of the molecule is CCN(c1cc(-c2ccc(OCCOCCOC)cc2)cc(C(=O)OC)c1C)C1CCC(N)CC1. The first-order chi connectivity index (χ1) is 17.0. The van der Waals surface area contributed by atoms with Crippen LogP contribution in [0.2, 0.25) is 0 Å². The third-order valence-corrected chi connectivity index (χ3v) is 6.73. The summed E-state index contributed by atoms with van der Waals surface area (Å²) in [5, 5.41) is 0. The summed E-state index contributed by atoms with van der Waals surface area (Å²) >= 11 is 0. The van der Waals surface area contributed by atoms with Gasteiger partial charge in [0.05, 0.1) is 32.5 Å². The van der Waals surface area contributed by atoms with Crippen LogP contribution < -0.4 is 15.4 Å². The van der Waals surface area contributed by atoms with Crippen molar-refractivity contribution in [1.82, 2.24) is 0 Å². The van der Waals surface area contributed by atoms with E-state index in [0.29, 0.717) is 44.1 Å². The van der Waals surface area contributed by atoms with Gasteiger partial charge >= 0.3 is 5.97 Å². The Morgan fingerprint density at radius 2 is 1.66 bits per heavy atom. The van der Waals surface area contributed by atoms with Gasteiger partial charge < -0.3 is 29.6 Å². The fraction of sp³-hybridized carbons (Fsp3) is 0.536. The van der Waals surface area contributed by atoms with Gasteiger partial charge in [-0.05, 0) is 80.5 Å². The molecule has 0 aliphatic heterocycles. The van der Waals surface area contributed by atoms with E-state index in [1.165, 1.54) is 7.11 Å². The van der Waals surface area contributed by atoms with E-state index in [1.807, 2.05) is 37.3 Å². The Morgan fingerprint density at radius 1 is 0.971 bits per heavy atom. The van der Waals surface area contributed by atoms with Crippen molar-refractivity contribution in [3.8, 4) is 16.9 Å². The summed E-state index contributed by atoms with van der Waals surface area (Å²) in [5.74, 6) is 0.457. The van der Waals surface area contributed by atoms with Crippen LogP contribution >= 0.6 is 0 Å². The second kappa shape index (κ2) is 13.5. The minimum atomic E-state index is -0.319. The molecule has 0 bridgehead atoms. The molecule has 7 heteroatoms. The maximum absolute atomic E-state index is 12.7. The molecule has 0 amide bonds. The first-order valence-electron chi connectivity index (χ1n) is 12.5. The third kappa shape index (κ3) is 7.19. The lowest BCUT2D eigenvalue weighted by molar-refractivity contribution is 0.0544. The smallest absolute Gasteiger partial charge is 0.338 e. The van der Waals surface area contributed by atoms with Crippen LogP contribution in [0.5, 0.6) is 5.75 Å². The number of carbonyl (C=O) groups is 1. The molecule has 0 atom stereocenters. The summed E-state index contributed by atoms with van der Waals surface area (Å²) in [6, 6.07) is 12.8. The fourth-order valence-corrected chi connectivity index (χ4v) is 4.73. The van der Waals surface area contributed by atoms with Crippen LogP contribution in [0, 0.1) is 6.92 Å². The Labute approximate surface area is 209 Å². The zero-order chi connectivity index (χ0) is 25.2. The van der Waals surface area contributed by atoms with Crippen molar-refractivity contribution in [2.24, 2.45) is 5.73 Å². The summed E-state index contributed by atoms with van der Waals surface area (Å²) < 4.78 is 21.3. The minimum absolute atomic E-state index is 0.292. The molecule has 192 valence electrons. The Bertz CT molecular complexity index is 939. The molecule has 0 spiro atoms. The number of esters is 1. The summed E-state index contributed by atoms with van der Waals surface area (Å²) in [6.45, 7) is 7.15. The van der Waals surface area contributed by atoms with Gasteiger partial charge in [-0.25, -0.2) is 4.79 Å². The molecule has 2 aromatic rings. The Hall–Kier alpha value is -2.61. The third-order valence-electron chi connectivity index (χ3n) is 6.73. The van der Waals surface area contributed by atoms with Gasteiger partial charge in [-0.1, -0.05) is 12.1 Å². The highest BCUT2D eigenvalue weighted by molar-refractivity contribution is 5.95. The largest absolute Gasteiger partial charge is 0.491 e. The normalized spacial score (nSPS) is 17.7. The van der Waals surface area contributed by atoms with E-state index in [4.69, 9.17) is 24.7 Å². The van der Waals surface area contributed by atoms with Crippen LogP contribution in [0.4, 0.5) is 5.69 Å². The van der Waals surface area contributed by atoms with Crippen LogP contribution in [0.3, 0.4) is 0 Å². The second-order valence-corrected chi connectivity index (χ2v) is 8.99. The highest BCUT2D eigenvalue weighted by atomic mass is 16.5. The minimum Gasteiger partial charge on any atom is -0.491 e. The Morgan fingerprint density at radius 3 is 2.29 bits per heavy atom. The molecule has 3 rings (SSSR count). The number of methoxy groups -OCH3 is 2. The average molecular weight is 485 g/mol. The number of hydrogen-bond acceptors (Lipinski definition) is 7. The van der Waals surface area contributed by atoms with E-state index in [9.17, 15) is 4.79 Å². The van der Waals surface area contributed by atoms with Crippen LogP contribution in [-0.2, 0) is 14.2 Å². The number of benzene rings is 2. The number of anilines is 1. The molecule has 0 heterocycles. The highest BCUT2D eigenvalue weighted by Crippen LogP contribution is 2.35. The van der Waals surface area contributed by atoms with Crippen molar-refractivity contribution < 1.29 is 23.7 Å². The van der Waals surface area contributed by atoms with Gasteiger partial charge in [-0.2, -0.15) is 0 Å². The van der Waals surface area contributed by atoms with Crippen LogP contribution in [0.25, 0.3) is 11.1 Å². The molecule has 0 saturated heterocycles. The van der Waals surface area contributed by atoms with Crippen LogP contribution in [-0.4, -0.2) is 65.2 Å². The van der Waals surface area contributed by atoms with Gasteiger partial charge in [-0.3, -0.25) is 0 Å². The zero-order valence-electron chi connectivity index (χ0n) is 21.5. The lowest BCUT2D eigenvalue weighted by Gasteiger charge is -2.38. The Kier molecular flexibility index (Phi) is 10.4. The molecule has 0 aromatic heterocycles. The van der Waals surface area contributed by atoms with E-state index in [0.717, 1.165) is 60.4 Å². The number of hydrogen-bond donors (Lipinski definition) is 1. The fourth-order valence-electron chi connectivity index (χ4n) is 4.73. The van der Waals surface area contributed by atoms with E-state index in [-0.39, 0.29) is 5.97 Å². The van der Waals surface area contributed by atoms with E-state index < -0.39 is 0 Å². The summed E-state index contributed by atoms with van der Waals surface area (Å²) in [4.78, 5) is 15.1. The molecule has 1 saturated carbocycles. The van der Waals surface area contributed by atoms with Crippen molar-refractivity contribution in [2.75, 3.05) is 52.1 Å². The van der Waals surface area contributed by atoms with Gasteiger partial charge in [0.15, 0.2) is 0 Å². The topological polar surface area (TPSA) is 83.2 Å². The quantitative estimate of drug-likeness (QED) is 0.349. The molecule has 2 aromatic carbocycles. The van der Waals surface area contributed by atoms with Crippen LogP contribution in [0.1, 0.15) is 48.5 Å². The van der Waals surface area contributed by atoms with Gasteiger partial charge in [-0.15, -0.1) is 0 Å². The first-order valence-corrected chi connectivity index (χ1v) is 12.5. The van der Waals surface area contributed by atoms with Gasteiger partial charge in [0.25, 0.3) is 0 Å². The van der Waals surface area contributed by atoms with E-state index in [2.05, 4.69) is 17.9 Å². The van der Waals surface area contributed by atoms with Gasteiger partial charge in [0.1, 0.15) is 12.4 Å². The first kappa shape index (κ1) is 27.0. The molecule has 1 aliphatic carbocycles. The maximum Gasteiger partial charge on any atom is 0.338 e. The standard InChI is InChI=1S/C28H40N2O5/c1-5-30(24-10-8-23(29)9-11-24)27-19-22(18-26(20(27)2)28(31)33-4)21-6-12-25(13-7-21)35-17-16-34-15-14-32-3/h6-7,12-13,18-19,23-24H,5,8-11,14-17,29H2,1-4H3. The molecule has 0 radical (unpaired) electrons. The summed E-state index contributed by atoms with van der Waals surface area (Å²) in [6.07, 6.45) is 4.19. The van der Waals surface area contributed by atoms with E-state index >= 15 is 0 Å². The molecular formula is C28H40N2O5. The second-order valence-electron chi connectivity index (χ2n) is 8.99. The maximum atomic E-state index is 12.7. The van der Waals surface area contributed by atoms with Crippen molar-refractivity contribution in [2.45, 2.75) is 51.6 Å². The van der Waals surface area contributed by atoms with E-state index in [1.54, 1.807) is 7.11 Å². The molecule has 1 fully saturated rings. The lowest BCUT2D eigenvalue weighted by atomic mass is 9.89. The van der Waals surface area contributed by atoms with Crippen molar-refractivity contribution in [3.05, 3.63) is 47.5 Å². The predicted octanol–water partition coefficient (Wildman–Crippen LogP) is 4.59. The molecule has 1 aliphatic rings. The van der Waals surface area contributed by atoms with Crippen molar-refractivity contribution in [3.63, 3.8) is 0 Å².